The van der Waals surface area contributed by atoms with E-state index in [0.29, 0.717) is 24.1 Å². The van der Waals surface area contributed by atoms with Crippen molar-refractivity contribution in [1.29, 1.82) is 0 Å². The minimum Gasteiger partial charge on any atom is -0.356 e. The number of fused-ring (bicyclic) bond motifs is 2. The van der Waals surface area contributed by atoms with Gasteiger partial charge < -0.3 is 16.0 Å². The van der Waals surface area contributed by atoms with Crippen molar-refractivity contribution in [2.75, 3.05) is 18.9 Å². The maximum absolute atomic E-state index is 13.3. The van der Waals surface area contributed by atoms with Crippen molar-refractivity contribution >= 4 is 57.7 Å². The summed E-state index contributed by atoms with van der Waals surface area (Å²) in [7, 11) is 1.63. The summed E-state index contributed by atoms with van der Waals surface area (Å²) in [6.07, 6.45) is 13.3. The van der Waals surface area contributed by atoms with Crippen molar-refractivity contribution in [3.05, 3.63) is 101 Å². The Labute approximate surface area is 327 Å². The second kappa shape index (κ2) is 19.1. The number of rotatable bonds is 19. The summed E-state index contributed by atoms with van der Waals surface area (Å²) in [5, 5.41) is 12.3. The third-order valence-electron chi connectivity index (χ3n) is 10.6. The van der Waals surface area contributed by atoms with Gasteiger partial charge in [0, 0.05) is 43.7 Å². The number of benzene rings is 3. The standard InChI is InChI=1S/C44H50N6O6/c1-45-41(53)34-28-47-35-22-20-29(27-33(35)40(34)48-31-17-11-9-12-18-31)15-10-7-5-3-2-4-6-8-13-26-46-37(51)24-21-30-16-14-19-32-39(30)44(56)50(43(32)55)36-23-25-38(52)49-42(36)54/h9,11-12,14,16-20,22,27-28,36H,2-8,10,13,15,21,23-26H2,1H3,(H,45,53)(H,46,51)(H,47,48)(H,49,52,54). The van der Waals surface area contributed by atoms with Gasteiger partial charge in [0.2, 0.25) is 17.7 Å². The van der Waals surface area contributed by atoms with E-state index in [1.54, 1.807) is 31.4 Å². The number of carbonyl (C=O) groups excluding carboxylic acids is 6. The highest BCUT2D eigenvalue weighted by atomic mass is 16.2. The van der Waals surface area contributed by atoms with Gasteiger partial charge in [-0.05, 0) is 73.6 Å². The number of carbonyl (C=O) groups is 6. The number of aromatic nitrogens is 1. The highest BCUT2D eigenvalue weighted by Crippen LogP contribution is 2.32. The molecule has 0 saturated carbocycles. The molecule has 56 heavy (non-hydrogen) atoms. The molecule has 0 spiro atoms. The van der Waals surface area contributed by atoms with Gasteiger partial charge in [0.05, 0.1) is 27.9 Å². The van der Waals surface area contributed by atoms with Crippen LogP contribution in [0.2, 0.25) is 0 Å². The molecule has 0 aliphatic carbocycles. The Morgan fingerprint density at radius 2 is 1.55 bits per heavy atom. The van der Waals surface area contributed by atoms with Crippen LogP contribution in [0.25, 0.3) is 10.9 Å². The van der Waals surface area contributed by atoms with E-state index < -0.39 is 29.7 Å². The average molecular weight is 759 g/mol. The molecule has 1 fully saturated rings. The van der Waals surface area contributed by atoms with Crippen molar-refractivity contribution < 1.29 is 28.8 Å². The lowest BCUT2D eigenvalue weighted by atomic mass is 9.99. The van der Waals surface area contributed by atoms with E-state index in [-0.39, 0.29) is 42.2 Å². The molecule has 2 aliphatic heterocycles. The highest BCUT2D eigenvalue weighted by Gasteiger charge is 2.45. The first-order valence-corrected chi connectivity index (χ1v) is 19.8. The van der Waals surface area contributed by atoms with Gasteiger partial charge in [-0.2, -0.15) is 0 Å². The molecule has 6 amide bonds. The van der Waals surface area contributed by atoms with Crippen LogP contribution in [0.4, 0.5) is 11.4 Å². The predicted molar refractivity (Wildman–Crippen MR) is 215 cm³/mol. The Balaban J connectivity index is 0.846. The van der Waals surface area contributed by atoms with E-state index in [9.17, 15) is 28.8 Å². The molecule has 3 heterocycles. The minimum absolute atomic E-state index is 0.0608. The topological polar surface area (TPSA) is 167 Å². The van der Waals surface area contributed by atoms with Crippen LogP contribution < -0.4 is 21.3 Å². The zero-order valence-corrected chi connectivity index (χ0v) is 32.0. The fraction of sp³-hybridized carbons (Fsp3) is 0.386. The van der Waals surface area contributed by atoms with E-state index in [4.69, 9.17) is 0 Å². The molecular weight excluding hydrogens is 709 g/mol. The van der Waals surface area contributed by atoms with Gasteiger partial charge in [0.1, 0.15) is 6.04 Å². The molecule has 4 aromatic rings. The van der Waals surface area contributed by atoms with Crippen LogP contribution >= 0.6 is 0 Å². The van der Waals surface area contributed by atoms with Gasteiger partial charge in [0.25, 0.3) is 17.7 Å². The Morgan fingerprint density at radius 1 is 0.821 bits per heavy atom. The number of piperidine rings is 1. The summed E-state index contributed by atoms with van der Waals surface area (Å²) in [4.78, 5) is 81.1. The number of hydrogen-bond acceptors (Lipinski definition) is 8. The Kier molecular flexibility index (Phi) is 13.6. The molecule has 1 saturated heterocycles. The van der Waals surface area contributed by atoms with Crippen molar-refractivity contribution in [3.63, 3.8) is 0 Å². The van der Waals surface area contributed by atoms with E-state index in [1.807, 2.05) is 36.4 Å². The van der Waals surface area contributed by atoms with E-state index in [1.165, 1.54) is 24.8 Å². The lowest BCUT2D eigenvalue weighted by Crippen LogP contribution is -2.54. The monoisotopic (exact) mass is 758 g/mol. The summed E-state index contributed by atoms with van der Waals surface area (Å²) in [5.41, 5.74) is 5.31. The molecule has 2 aliphatic rings. The lowest BCUT2D eigenvalue weighted by Gasteiger charge is -2.27. The molecule has 0 bridgehead atoms. The van der Waals surface area contributed by atoms with Crippen LogP contribution in [0.15, 0.2) is 72.9 Å². The van der Waals surface area contributed by atoms with E-state index in [2.05, 4.69) is 38.4 Å². The highest BCUT2D eigenvalue weighted by molar-refractivity contribution is 6.24. The number of unbranched alkanes of at least 4 members (excludes halogenated alkanes) is 8. The Bertz CT molecular complexity index is 2100. The lowest BCUT2D eigenvalue weighted by molar-refractivity contribution is -0.136. The number of para-hydroxylation sites is 1. The molecule has 1 aromatic heterocycles. The third kappa shape index (κ3) is 9.66. The van der Waals surface area contributed by atoms with Crippen LogP contribution in [0.5, 0.6) is 0 Å². The maximum atomic E-state index is 13.3. The molecule has 292 valence electrons. The van der Waals surface area contributed by atoms with Gasteiger partial charge in [-0.3, -0.25) is 44.0 Å². The van der Waals surface area contributed by atoms with E-state index >= 15 is 0 Å². The van der Waals surface area contributed by atoms with Gasteiger partial charge in [-0.25, -0.2) is 0 Å². The molecule has 1 unspecified atom stereocenters. The smallest absolute Gasteiger partial charge is 0.262 e. The zero-order chi connectivity index (χ0) is 39.4. The molecule has 0 radical (unpaired) electrons. The third-order valence-corrected chi connectivity index (χ3v) is 10.6. The molecule has 1 atom stereocenters. The van der Waals surface area contributed by atoms with Crippen molar-refractivity contribution in [1.82, 2.24) is 25.8 Å². The number of nitrogens with zero attached hydrogens (tertiary/aromatic N) is 2. The van der Waals surface area contributed by atoms with Gasteiger partial charge in [0.15, 0.2) is 0 Å². The molecular formula is C44H50N6O6. The number of amides is 6. The van der Waals surface area contributed by atoms with Crippen molar-refractivity contribution in [2.24, 2.45) is 0 Å². The zero-order valence-electron chi connectivity index (χ0n) is 32.0. The summed E-state index contributed by atoms with van der Waals surface area (Å²) in [6, 6.07) is 20.1. The number of anilines is 2. The van der Waals surface area contributed by atoms with E-state index in [0.717, 1.165) is 72.1 Å². The first-order chi connectivity index (χ1) is 27.2. The van der Waals surface area contributed by atoms with Crippen LogP contribution in [-0.4, -0.2) is 65.0 Å². The minimum atomic E-state index is -1.02. The number of imide groups is 2. The number of pyridine rings is 1. The number of hydrogen-bond donors (Lipinski definition) is 4. The van der Waals surface area contributed by atoms with Gasteiger partial charge >= 0.3 is 0 Å². The first kappa shape index (κ1) is 39.8. The maximum Gasteiger partial charge on any atom is 0.262 e. The van der Waals surface area contributed by atoms with Crippen molar-refractivity contribution in [2.45, 2.75) is 95.9 Å². The van der Waals surface area contributed by atoms with Crippen LogP contribution in [0.1, 0.15) is 119 Å². The van der Waals surface area contributed by atoms with Crippen molar-refractivity contribution in [3.8, 4) is 0 Å². The summed E-state index contributed by atoms with van der Waals surface area (Å²) >= 11 is 0. The van der Waals surface area contributed by atoms with Crippen LogP contribution in [-0.2, 0) is 27.2 Å². The second-order valence-electron chi connectivity index (χ2n) is 14.5. The van der Waals surface area contributed by atoms with Crippen LogP contribution in [0.3, 0.4) is 0 Å². The average Bonchev–Trinajstić information content (AvgIpc) is 3.46. The summed E-state index contributed by atoms with van der Waals surface area (Å²) < 4.78 is 0. The van der Waals surface area contributed by atoms with Gasteiger partial charge in [-0.1, -0.05) is 81.3 Å². The quantitative estimate of drug-likeness (QED) is 0.0618. The summed E-state index contributed by atoms with van der Waals surface area (Å²) in [6.45, 7) is 0.591. The van der Waals surface area contributed by atoms with Gasteiger partial charge in [-0.15, -0.1) is 0 Å². The molecule has 6 rings (SSSR count). The predicted octanol–water partition coefficient (Wildman–Crippen LogP) is 6.54. The summed E-state index contributed by atoms with van der Waals surface area (Å²) in [5.74, 6) is -2.46. The fourth-order valence-corrected chi connectivity index (χ4v) is 7.55. The molecule has 12 heteroatoms. The first-order valence-electron chi connectivity index (χ1n) is 19.8. The fourth-order valence-electron chi connectivity index (χ4n) is 7.55. The SMILES string of the molecule is CNC(=O)c1cnc2ccc(CCCCCCCCCCCNC(=O)CCc3cccc4c3C(=O)N(C3CCC(=O)NC3=O)C4=O)cc2c1Nc1ccccc1. The number of aryl methyl sites for hydroxylation is 2. The number of nitrogens with one attached hydrogen (secondary N) is 4. The molecule has 4 N–H and O–H groups in total. The van der Waals surface area contributed by atoms with Crippen LogP contribution in [0, 0.1) is 0 Å². The Hall–Kier alpha value is -5.91. The molecule has 3 aromatic carbocycles. The largest absolute Gasteiger partial charge is 0.356 e. The normalized spacial score (nSPS) is 15.2. The Morgan fingerprint density at radius 3 is 2.29 bits per heavy atom. The second-order valence-corrected chi connectivity index (χ2v) is 14.5. The molecule has 12 nitrogen and oxygen atoms in total.